The summed E-state index contributed by atoms with van der Waals surface area (Å²) in [5.41, 5.74) is 0. The number of hydrogen-bond acceptors (Lipinski definition) is 2. The average Bonchev–Trinajstić information content (AvgIpc) is 3.52. The first kappa shape index (κ1) is 39.4. The van der Waals surface area contributed by atoms with E-state index in [0.29, 0.717) is 32.6 Å². The van der Waals surface area contributed by atoms with Crippen LogP contribution in [0.1, 0.15) is 194 Å². The fourth-order valence-electron chi connectivity index (χ4n) is 6.01. The van der Waals surface area contributed by atoms with Crippen molar-refractivity contribution in [1.82, 2.24) is 9.80 Å². The average molecular weight is 601 g/mol. The molecule has 1 rings (SSSR count). The van der Waals surface area contributed by atoms with Gasteiger partial charge in [0.25, 0.3) is 0 Å². The maximum Gasteiger partial charge on any atom is 0.224 e. The number of allylic oxidation sites excluding steroid dienone is 4. The van der Waals surface area contributed by atoms with Crippen LogP contribution < -0.4 is 0 Å². The maximum absolute atomic E-state index is 12.6. The van der Waals surface area contributed by atoms with E-state index in [2.05, 4.69) is 38.2 Å². The van der Waals surface area contributed by atoms with Crippen molar-refractivity contribution >= 4 is 11.8 Å². The lowest BCUT2D eigenvalue weighted by Gasteiger charge is -2.18. The van der Waals surface area contributed by atoms with Gasteiger partial charge in [0.1, 0.15) is 0 Å². The molecule has 1 saturated heterocycles. The molecule has 1 aliphatic rings. The first-order valence-corrected chi connectivity index (χ1v) is 19.0. The van der Waals surface area contributed by atoms with Gasteiger partial charge in [0.2, 0.25) is 11.8 Å². The second kappa shape index (κ2) is 30.4. The first-order chi connectivity index (χ1) is 21.2. The van der Waals surface area contributed by atoms with E-state index < -0.39 is 0 Å². The summed E-state index contributed by atoms with van der Waals surface area (Å²) < 4.78 is 0. The Balaban J connectivity index is 1.91. The predicted molar refractivity (Wildman–Crippen MR) is 187 cm³/mol. The van der Waals surface area contributed by atoms with Crippen LogP contribution in [0.2, 0.25) is 0 Å². The molecule has 0 aromatic rings. The molecule has 1 fully saturated rings. The molecule has 0 bridgehead atoms. The Kier molecular flexibility index (Phi) is 27.9. The molecule has 4 nitrogen and oxygen atoms in total. The van der Waals surface area contributed by atoms with Crippen LogP contribution in [0.5, 0.6) is 0 Å². The zero-order valence-electron chi connectivity index (χ0n) is 28.9. The topological polar surface area (TPSA) is 40.6 Å². The third kappa shape index (κ3) is 24.4. The Bertz CT molecular complexity index is 643. The fraction of sp³-hybridized carbons (Fsp3) is 0.846. The Morgan fingerprint density at radius 2 is 0.698 bits per heavy atom. The van der Waals surface area contributed by atoms with E-state index in [9.17, 15) is 9.59 Å². The molecule has 250 valence electrons. The number of unbranched alkanes of at least 4 members (excludes halogenated alkanes) is 22. The molecule has 1 aliphatic heterocycles. The summed E-state index contributed by atoms with van der Waals surface area (Å²) in [6, 6.07) is 0. The second-order valence-corrected chi connectivity index (χ2v) is 13.1. The normalized spacial score (nSPS) is 13.7. The van der Waals surface area contributed by atoms with E-state index in [0.717, 1.165) is 25.7 Å². The zero-order chi connectivity index (χ0) is 31.1. The molecule has 0 saturated carbocycles. The molecule has 0 aromatic carbocycles. The number of carbonyl (C=O) groups excluding carboxylic acids is 2. The zero-order valence-corrected chi connectivity index (χ0v) is 28.9. The Morgan fingerprint density at radius 3 is 1.02 bits per heavy atom. The first-order valence-electron chi connectivity index (χ1n) is 19.0. The Labute approximate surface area is 268 Å². The molecular weight excluding hydrogens is 528 g/mol. The van der Waals surface area contributed by atoms with E-state index in [1.807, 2.05) is 9.80 Å². The maximum atomic E-state index is 12.6. The summed E-state index contributed by atoms with van der Waals surface area (Å²) in [6.45, 7) is 6.47. The summed E-state index contributed by atoms with van der Waals surface area (Å²) in [5, 5.41) is 0. The summed E-state index contributed by atoms with van der Waals surface area (Å²) in [4.78, 5) is 29.0. The number of carbonyl (C=O) groups is 2. The van der Waals surface area contributed by atoms with Crippen molar-refractivity contribution < 1.29 is 9.59 Å². The van der Waals surface area contributed by atoms with E-state index in [1.165, 1.54) is 141 Å². The third-order valence-electron chi connectivity index (χ3n) is 8.99. The SMILES string of the molecule is CCCCCCCC/C=C\CCCCCCCC(=O)N1CCN(C(=O)CCCCCCC/C=C/CCCCCCCC)C1. The summed E-state index contributed by atoms with van der Waals surface area (Å²) >= 11 is 0. The van der Waals surface area contributed by atoms with Gasteiger partial charge in [-0.05, 0) is 64.2 Å². The highest BCUT2D eigenvalue weighted by Crippen LogP contribution is 2.15. The minimum Gasteiger partial charge on any atom is -0.323 e. The Hall–Kier alpha value is -1.58. The molecule has 0 aliphatic carbocycles. The standard InChI is InChI=1S/C39H72N2O2/c1-3-5-7-9-11-13-15-17-19-21-23-25-27-29-31-33-38(42)40-35-36-41(37-40)39(43)34-32-30-28-26-24-22-20-18-16-14-12-10-8-6-4-2/h17-20H,3-16,21-37H2,1-2H3/b19-17-,20-18+. The predicted octanol–water partition coefficient (Wildman–Crippen LogP) is 11.7. The van der Waals surface area contributed by atoms with Crippen molar-refractivity contribution in [3.05, 3.63) is 24.3 Å². The molecule has 4 heteroatoms. The largest absolute Gasteiger partial charge is 0.323 e. The number of nitrogens with zero attached hydrogens (tertiary/aromatic N) is 2. The highest BCUT2D eigenvalue weighted by molar-refractivity contribution is 5.80. The van der Waals surface area contributed by atoms with Gasteiger partial charge in [-0.2, -0.15) is 0 Å². The summed E-state index contributed by atoms with van der Waals surface area (Å²) in [7, 11) is 0. The smallest absolute Gasteiger partial charge is 0.224 e. The molecule has 0 unspecified atom stereocenters. The van der Waals surface area contributed by atoms with Crippen molar-refractivity contribution in [2.75, 3.05) is 19.8 Å². The number of rotatable bonds is 30. The molecule has 0 atom stereocenters. The summed E-state index contributed by atoms with van der Waals surface area (Å²) in [6.07, 6.45) is 43.8. The van der Waals surface area contributed by atoms with Gasteiger partial charge in [-0.25, -0.2) is 0 Å². The van der Waals surface area contributed by atoms with Gasteiger partial charge in [-0.15, -0.1) is 0 Å². The minimum atomic E-state index is 0.231. The fourth-order valence-corrected chi connectivity index (χ4v) is 6.01. The molecule has 0 radical (unpaired) electrons. The van der Waals surface area contributed by atoms with Crippen LogP contribution in [0.15, 0.2) is 24.3 Å². The van der Waals surface area contributed by atoms with Crippen molar-refractivity contribution in [2.45, 2.75) is 194 Å². The van der Waals surface area contributed by atoms with Gasteiger partial charge >= 0.3 is 0 Å². The van der Waals surface area contributed by atoms with Gasteiger partial charge in [-0.3, -0.25) is 9.59 Å². The summed E-state index contributed by atoms with van der Waals surface area (Å²) in [5.74, 6) is 0.461. The third-order valence-corrected chi connectivity index (χ3v) is 8.99. The highest BCUT2D eigenvalue weighted by atomic mass is 16.2. The lowest BCUT2D eigenvalue weighted by atomic mass is 10.1. The van der Waals surface area contributed by atoms with Crippen LogP contribution in [-0.4, -0.2) is 41.4 Å². The van der Waals surface area contributed by atoms with Crippen LogP contribution in [0.3, 0.4) is 0 Å². The number of amides is 2. The molecule has 0 aromatic heterocycles. The van der Waals surface area contributed by atoms with Crippen LogP contribution in [0.4, 0.5) is 0 Å². The van der Waals surface area contributed by atoms with Gasteiger partial charge < -0.3 is 9.80 Å². The molecular formula is C39H72N2O2. The van der Waals surface area contributed by atoms with Gasteiger partial charge in [0.05, 0.1) is 6.67 Å². The van der Waals surface area contributed by atoms with Crippen molar-refractivity contribution in [3.8, 4) is 0 Å². The van der Waals surface area contributed by atoms with Gasteiger partial charge in [-0.1, -0.05) is 141 Å². The van der Waals surface area contributed by atoms with Crippen molar-refractivity contribution in [3.63, 3.8) is 0 Å². The molecule has 43 heavy (non-hydrogen) atoms. The number of hydrogen-bond donors (Lipinski definition) is 0. The van der Waals surface area contributed by atoms with Crippen molar-refractivity contribution in [2.24, 2.45) is 0 Å². The second-order valence-electron chi connectivity index (χ2n) is 13.1. The lowest BCUT2D eigenvalue weighted by molar-refractivity contribution is -0.134. The van der Waals surface area contributed by atoms with Crippen LogP contribution in [-0.2, 0) is 9.59 Å². The molecule has 1 heterocycles. The molecule has 0 N–H and O–H groups in total. The van der Waals surface area contributed by atoms with Gasteiger partial charge in [0.15, 0.2) is 0 Å². The van der Waals surface area contributed by atoms with Crippen LogP contribution in [0.25, 0.3) is 0 Å². The van der Waals surface area contributed by atoms with Crippen molar-refractivity contribution in [1.29, 1.82) is 0 Å². The van der Waals surface area contributed by atoms with E-state index in [1.54, 1.807) is 0 Å². The van der Waals surface area contributed by atoms with Crippen LogP contribution >= 0.6 is 0 Å². The van der Waals surface area contributed by atoms with E-state index >= 15 is 0 Å². The minimum absolute atomic E-state index is 0.231. The van der Waals surface area contributed by atoms with E-state index in [-0.39, 0.29) is 11.8 Å². The quantitative estimate of drug-likeness (QED) is 0.0608. The molecule has 0 spiro atoms. The monoisotopic (exact) mass is 601 g/mol. The lowest BCUT2D eigenvalue weighted by Crippen LogP contribution is -2.33. The van der Waals surface area contributed by atoms with Crippen LogP contribution in [0, 0.1) is 0 Å². The molecule has 2 amide bonds. The van der Waals surface area contributed by atoms with Gasteiger partial charge in [0, 0.05) is 25.9 Å². The Morgan fingerprint density at radius 1 is 0.419 bits per heavy atom. The van der Waals surface area contributed by atoms with E-state index in [4.69, 9.17) is 0 Å². The highest BCUT2D eigenvalue weighted by Gasteiger charge is 2.26.